The summed E-state index contributed by atoms with van der Waals surface area (Å²) < 4.78 is 28.5. The Kier molecular flexibility index (Phi) is 48.6. The summed E-state index contributed by atoms with van der Waals surface area (Å²) in [6.45, 7) is 6.00. The van der Waals surface area contributed by atoms with Crippen molar-refractivity contribution in [2.45, 2.75) is 340 Å². The molecule has 0 spiro atoms. The lowest BCUT2D eigenvalue weighted by atomic mass is 9.98. The van der Waals surface area contributed by atoms with E-state index in [2.05, 4.69) is 45.1 Å². The molecule has 0 saturated carbocycles. The first-order valence-electron chi connectivity index (χ1n) is 31.3. The molecule has 75 heavy (non-hydrogen) atoms. The Labute approximate surface area is 458 Å². The number of ether oxygens (including phenoxy) is 5. The van der Waals surface area contributed by atoms with Crippen molar-refractivity contribution < 1.29 is 58.2 Å². The second-order valence-electron chi connectivity index (χ2n) is 21.7. The fourth-order valence-electron chi connectivity index (χ4n) is 9.69. The molecule has 1 aliphatic rings. The summed E-state index contributed by atoms with van der Waals surface area (Å²) in [5.74, 6) is -3.10. The smallest absolute Gasteiger partial charge is 0.335 e. The lowest BCUT2D eigenvalue weighted by Crippen LogP contribution is -2.61. The zero-order valence-electron chi connectivity index (χ0n) is 48.3. The van der Waals surface area contributed by atoms with Gasteiger partial charge in [0.05, 0.1) is 6.61 Å². The van der Waals surface area contributed by atoms with Gasteiger partial charge in [-0.25, -0.2) is 4.79 Å². The van der Waals surface area contributed by atoms with E-state index in [9.17, 15) is 34.5 Å². The number of carboxylic acid groups (broad SMARTS) is 1. The van der Waals surface area contributed by atoms with E-state index in [-0.39, 0.29) is 25.9 Å². The fourth-order valence-corrected chi connectivity index (χ4v) is 9.69. The van der Waals surface area contributed by atoms with Crippen molar-refractivity contribution in [3.8, 4) is 0 Å². The summed E-state index contributed by atoms with van der Waals surface area (Å²) in [6.07, 6.45) is 47.1. The molecule has 6 unspecified atom stereocenters. The highest BCUT2D eigenvalue weighted by Gasteiger charge is 2.50. The Morgan fingerprint density at radius 2 is 0.800 bits per heavy atom. The van der Waals surface area contributed by atoms with Gasteiger partial charge in [0.1, 0.15) is 18.8 Å². The van der Waals surface area contributed by atoms with Crippen molar-refractivity contribution >= 4 is 23.9 Å². The van der Waals surface area contributed by atoms with Gasteiger partial charge >= 0.3 is 23.9 Å². The van der Waals surface area contributed by atoms with Crippen LogP contribution in [0.15, 0.2) is 24.3 Å². The normalized spacial score (nSPS) is 18.2. The molecule has 438 valence electrons. The number of aliphatic hydroxyl groups is 2. The van der Waals surface area contributed by atoms with E-state index in [1.807, 2.05) is 0 Å². The minimum Gasteiger partial charge on any atom is -0.479 e. The highest BCUT2D eigenvalue weighted by atomic mass is 16.7. The second-order valence-corrected chi connectivity index (χ2v) is 21.7. The van der Waals surface area contributed by atoms with Gasteiger partial charge in [0.25, 0.3) is 0 Å². The van der Waals surface area contributed by atoms with E-state index in [1.54, 1.807) is 0 Å². The van der Waals surface area contributed by atoms with E-state index in [0.29, 0.717) is 19.3 Å². The molecule has 0 aliphatic carbocycles. The molecule has 0 aromatic carbocycles. The summed E-state index contributed by atoms with van der Waals surface area (Å²) in [5, 5.41) is 31.5. The van der Waals surface area contributed by atoms with Crippen LogP contribution in [0.3, 0.4) is 0 Å². The Morgan fingerprint density at radius 1 is 0.440 bits per heavy atom. The first-order valence-corrected chi connectivity index (χ1v) is 31.3. The van der Waals surface area contributed by atoms with Crippen LogP contribution in [-0.2, 0) is 42.9 Å². The van der Waals surface area contributed by atoms with Crippen molar-refractivity contribution in [1.29, 1.82) is 0 Å². The van der Waals surface area contributed by atoms with Gasteiger partial charge in [-0.2, -0.15) is 0 Å². The van der Waals surface area contributed by atoms with Crippen LogP contribution < -0.4 is 0 Å². The summed E-state index contributed by atoms with van der Waals surface area (Å²) >= 11 is 0. The molecule has 1 fully saturated rings. The molecular formula is C63H114O12. The third kappa shape index (κ3) is 41.9. The molecule has 0 amide bonds. The predicted octanol–water partition coefficient (Wildman–Crippen LogP) is 16.2. The van der Waals surface area contributed by atoms with Crippen LogP contribution in [0, 0.1) is 0 Å². The largest absolute Gasteiger partial charge is 0.479 e. The maximum absolute atomic E-state index is 13.2. The van der Waals surface area contributed by atoms with Crippen LogP contribution >= 0.6 is 0 Å². The molecule has 1 heterocycles. The van der Waals surface area contributed by atoms with Gasteiger partial charge in [0.2, 0.25) is 0 Å². The average Bonchev–Trinajstić information content (AvgIpc) is 3.39. The Morgan fingerprint density at radius 3 is 1.23 bits per heavy atom. The van der Waals surface area contributed by atoms with E-state index in [1.165, 1.54) is 161 Å². The third-order valence-corrected chi connectivity index (χ3v) is 14.5. The minimum absolute atomic E-state index is 0.0663. The van der Waals surface area contributed by atoms with Gasteiger partial charge in [-0.1, -0.05) is 257 Å². The molecule has 0 radical (unpaired) electrons. The van der Waals surface area contributed by atoms with E-state index < -0.39 is 67.3 Å². The summed E-state index contributed by atoms with van der Waals surface area (Å²) in [5.41, 5.74) is 0. The predicted molar refractivity (Wildman–Crippen MR) is 303 cm³/mol. The first-order chi connectivity index (χ1) is 36.6. The average molecular weight is 1060 g/mol. The number of rotatable bonds is 54. The Bertz CT molecular complexity index is 1400. The summed E-state index contributed by atoms with van der Waals surface area (Å²) in [7, 11) is 0. The number of aliphatic hydroxyl groups excluding tert-OH is 2. The van der Waals surface area contributed by atoms with Crippen LogP contribution in [0.25, 0.3) is 0 Å². The van der Waals surface area contributed by atoms with Gasteiger partial charge in [0.15, 0.2) is 24.6 Å². The zero-order valence-corrected chi connectivity index (χ0v) is 48.3. The molecule has 1 saturated heterocycles. The molecule has 6 atom stereocenters. The number of carbonyl (C=O) groups excluding carboxylic acids is 3. The molecular weight excluding hydrogens is 949 g/mol. The van der Waals surface area contributed by atoms with Gasteiger partial charge in [0, 0.05) is 19.3 Å². The Hall–Kier alpha value is -2.80. The number of allylic oxidation sites excluding steroid dienone is 4. The number of unbranched alkanes of at least 4 members (excludes halogenated alkanes) is 36. The highest BCUT2D eigenvalue weighted by Crippen LogP contribution is 2.27. The number of carboxylic acids is 1. The van der Waals surface area contributed by atoms with E-state index in [4.69, 9.17) is 23.7 Å². The van der Waals surface area contributed by atoms with Crippen molar-refractivity contribution in [3.63, 3.8) is 0 Å². The second kappa shape index (κ2) is 51.9. The van der Waals surface area contributed by atoms with Crippen molar-refractivity contribution in [2.75, 3.05) is 13.2 Å². The highest BCUT2D eigenvalue weighted by molar-refractivity contribution is 5.74. The number of hydrogen-bond donors (Lipinski definition) is 3. The molecule has 12 nitrogen and oxygen atoms in total. The molecule has 3 N–H and O–H groups in total. The zero-order chi connectivity index (χ0) is 54.7. The van der Waals surface area contributed by atoms with Crippen LogP contribution in [0.4, 0.5) is 0 Å². The maximum Gasteiger partial charge on any atom is 0.335 e. The van der Waals surface area contributed by atoms with Crippen LogP contribution in [-0.4, -0.2) is 89.2 Å². The summed E-state index contributed by atoms with van der Waals surface area (Å²) in [4.78, 5) is 51.2. The molecule has 0 aromatic rings. The van der Waals surface area contributed by atoms with Gasteiger partial charge in [-0.15, -0.1) is 0 Å². The van der Waals surface area contributed by atoms with E-state index >= 15 is 0 Å². The molecule has 12 heteroatoms. The van der Waals surface area contributed by atoms with Crippen molar-refractivity contribution in [2.24, 2.45) is 0 Å². The number of aliphatic carboxylic acids is 1. The van der Waals surface area contributed by atoms with Gasteiger partial charge in [-0.05, 0) is 51.4 Å². The van der Waals surface area contributed by atoms with Crippen molar-refractivity contribution in [3.05, 3.63) is 24.3 Å². The molecule has 1 rings (SSSR count). The number of carbonyl (C=O) groups is 4. The lowest BCUT2D eigenvalue weighted by molar-refractivity contribution is -0.301. The molecule has 0 aromatic heterocycles. The lowest BCUT2D eigenvalue weighted by Gasteiger charge is -2.40. The van der Waals surface area contributed by atoms with E-state index in [0.717, 1.165) is 83.5 Å². The quantitative estimate of drug-likeness (QED) is 0.0228. The number of hydrogen-bond acceptors (Lipinski definition) is 11. The molecule has 1 aliphatic heterocycles. The first kappa shape index (κ1) is 70.2. The SMILES string of the molecule is CCCCC/C=C\C/C=C\CCCCCCCC(=O)OCC(COC1OC(C(=O)O)C(O)C(O)C1OC(=O)CCCCCCCCCCCCCCCCC)OC(=O)CCCCCCCCCCCCCCCCC. The van der Waals surface area contributed by atoms with Gasteiger partial charge < -0.3 is 39.0 Å². The topological polar surface area (TPSA) is 175 Å². The molecule has 0 bridgehead atoms. The van der Waals surface area contributed by atoms with Gasteiger partial charge in [-0.3, -0.25) is 14.4 Å². The standard InChI is InChI=1S/C63H114O12/c1-4-7-10-13-16-19-22-25-28-31-34-37-40-43-46-49-55(64)71-52-54(73-56(65)50-47-44-41-38-35-32-29-26-23-20-17-14-11-8-5-2)53-72-63-61(59(68)58(67)60(75-63)62(69)70)74-57(66)51-48-45-42-39-36-33-30-27-24-21-18-15-12-9-6-3/h16,19,25,28,54,58-61,63,67-68H,4-15,17-18,20-24,26-27,29-53H2,1-3H3,(H,69,70)/b19-16-,28-25-. The summed E-state index contributed by atoms with van der Waals surface area (Å²) in [6, 6.07) is 0. The van der Waals surface area contributed by atoms with Crippen LogP contribution in [0.5, 0.6) is 0 Å². The fraction of sp³-hybridized carbons (Fsp3) is 0.873. The minimum atomic E-state index is -1.90. The maximum atomic E-state index is 13.2. The van der Waals surface area contributed by atoms with Crippen LogP contribution in [0.1, 0.15) is 303 Å². The monoisotopic (exact) mass is 1060 g/mol. The van der Waals surface area contributed by atoms with Crippen molar-refractivity contribution in [1.82, 2.24) is 0 Å². The van der Waals surface area contributed by atoms with Crippen LogP contribution in [0.2, 0.25) is 0 Å². The number of esters is 3. The Balaban J connectivity index is 2.67. The third-order valence-electron chi connectivity index (χ3n) is 14.5.